The van der Waals surface area contributed by atoms with Gasteiger partial charge in [0.2, 0.25) is 0 Å². The van der Waals surface area contributed by atoms with Crippen LogP contribution in [0.15, 0.2) is 36.7 Å². The summed E-state index contributed by atoms with van der Waals surface area (Å²) in [5.74, 6) is 1.46. The SMILES string of the molecule is CCCCCCCCCCCCOc1ccc(-c2ncc(C(=O)OCC(C)CCCCCC)cn2)cc1. The van der Waals surface area contributed by atoms with Crippen LogP contribution < -0.4 is 4.74 Å². The molecule has 1 heterocycles. The maximum Gasteiger partial charge on any atom is 0.341 e. The fourth-order valence-corrected chi connectivity index (χ4v) is 4.37. The molecule has 0 saturated heterocycles. The van der Waals surface area contributed by atoms with Crippen molar-refractivity contribution in [3.05, 3.63) is 42.2 Å². The molecule has 1 atom stereocenters. The van der Waals surface area contributed by atoms with Gasteiger partial charge in [0.05, 0.1) is 18.8 Å². The summed E-state index contributed by atoms with van der Waals surface area (Å²) in [5.41, 5.74) is 1.28. The second-order valence-electron chi connectivity index (χ2n) is 10.4. The van der Waals surface area contributed by atoms with Crippen LogP contribution in [-0.2, 0) is 4.74 Å². The first kappa shape index (κ1) is 30.8. The number of aromatic nitrogens is 2. The number of benzene rings is 1. The first-order valence-corrected chi connectivity index (χ1v) is 14.9. The summed E-state index contributed by atoms with van der Waals surface area (Å²) in [6, 6.07) is 7.83. The lowest BCUT2D eigenvalue weighted by atomic mass is 10.0. The molecule has 0 fully saturated rings. The largest absolute Gasteiger partial charge is 0.494 e. The molecular weight excluding hydrogens is 460 g/mol. The Hall–Kier alpha value is -2.43. The van der Waals surface area contributed by atoms with Gasteiger partial charge >= 0.3 is 5.97 Å². The number of rotatable bonds is 21. The molecule has 0 spiro atoms. The highest BCUT2D eigenvalue weighted by Gasteiger charge is 2.12. The summed E-state index contributed by atoms with van der Waals surface area (Å²) >= 11 is 0. The number of nitrogens with zero attached hydrogens (tertiary/aromatic N) is 2. The van der Waals surface area contributed by atoms with Crippen molar-refractivity contribution in [2.45, 2.75) is 117 Å². The minimum absolute atomic E-state index is 0.359. The molecule has 206 valence electrons. The van der Waals surface area contributed by atoms with Crippen molar-refractivity contribution in [2.24, 2.45) is 5.92 Å². The van der Waals surface area contributed by atoms with Crippen molar-refractivity contribution in [3.63, 3.8) is 0 Å². The van der Waals surface area contributed by atoms with Gasteiger partial charge in [-0.05, 0) is 43.0 Å². The van der Waals surface area contributed by atoms with Crippen LogP contribution in [0.3, 0.4) is 0 Å². The Morgan fingerprint density at radius 1 is 0.757 bits per heavy atom. The first-order valence-electron chi connectivity index (χ1n) is 14.9. The molecule has 2 rings (SSSR count). The van der Waals surface area contributed by atoms with E-state index in [0.717, 1.165) is 30.8 Å². The Morgan fingerprint density at radius 3 is 1.89 bits per heavy atom. The topological polar surface area (TPSA) is 61.3 Å². The fraction of sp³-hybridized carbons (Fsp3) is 0.656. The molecule has 5 heteroatoms. The lowest BCUT2D eigenvalue weighted by Crippen LogP contribution is -2.13. The van der Waals surface area contributed by atoms with Gasteiger partial charge in [0.25, 0.3) is 0 Å². The van der Waals surface area contributed by atoms with E-state index in [9.17, 15) is 4.79 Å². The lowest BCUT2D eigenvalue weighted by molar-refractivity contribution is 0.0441. The summed E-state index contributed by atoms with van der Waals surface area (Å²) in [6.07, 6.45) is 22.3. The van der Waals surface area contributed by atoms with Crippen LogP contribution in [0.4, 0.5) is 0 Å². The summed E-state index contributed by atoms with van der Waals surface area (Å²) in [7, 11) is 0. The molecule has 0 aliphatic carbocycles. The minimum Gasteiger partial charge on any atom is -0.494 e. The molecule has 0 radical (unpaired) electrons. The van der Waals surface area contributed by atoms with E-state index < -0.39 is 0 Å². The fourth-order valence-electron chi connectivity index (χ4n) is 4.37. The van der Waals surface area contributed by atoms with Crippen molar-refractivity contribution in [3.8, 4) is 17.1 Å². The third kappa shape index (κ3) is 13.6. The number of hydrogen-bond donors (Lipinski definition) is 0. The number of unbranched alkanes of at least 4 members (excludes halogenated alkanes) is 12. The lowest BCUT2D eigenvalue weighted by Gasteiger charge is -2.12. The average molecular weight is 511 g/mol. The van der Waals surface area contributed by atoms with Crippen molar-refractivity contribution in [1.29, 1.82) is 0 Å². The van der Waals surface area contributed by atoms with E-state index in [1.165, 1.54) is 83.5 Å². The Labute approximate surface area is 225 Å². The molecule has 1 unspecified atom stereocenters. The third-order valence-electron chi connectivity index (χ3n) is 6.82. The zero-order valence-corrected chi connectivity index (χ0v) is 23.7. The van der Waals surface area contributed by atoms with Gasteiger partial charge in [0.15, 0.2) is 5.82 Å². The predicted molar refractivity (Wildman–Crippen MR) is 153 cm³/mol. The molecule has 0 N–H and O–H groups in total. The quantitative estimate of drug-likeness (QED) is 0.124. The van der Waals surface area contributed by atoms with Crippen molar-refractivity contribution in [1.82, 2.24) is 9.97 Å². The second kappa shape index (κ2) is 19.7. The smallest absolute Gasteiger partial charge is 0.341 e. The molecule has 0 saturated carbocycles. The van der Waals surface area contributed by atoms with Gasteiger partial charge in [-0.1, -0.05) is 104 Å². The van der Waals surface area contributed by atoms with Crippen LogP contribution in [0.5, 0.6) is 5.75 Å². The van der Waals surface area contributed by atoms with Gasteiger partial charge in [-0.3, -0.25) is 0 Å². The van der Waals surface area contributed by atoms with E-state index in [2.05, 4.69) is 30.7 Å². The van der Waals surface area contributed by atoms with E-state index in [-0.39, 0.29) is 5.97 Å². The Balaban J connectivity index is 1.63. The van der Waals surface area contributed by atoms with Gasteiger partial charge in [-0.25, -0.2) is 14.8 Å². The van der Waals surface area contributed by atoms with E-state index in [4.69, 9.17) is 9.47 Å². The molecule has 0 amide bonds. The van der Waals surface area contributed by atoms with Crippen LogP contribution >= 0.6 is 0 Å². The highest BCUT2D eigenvalue weighted by atomic mass is 16.5. The average Bonchev–Trinajstić information content (AvgIpc) is 2.93. The molecule has 1 aromatic carbocycles. The van der Waals surface area contributed by atoms with Gasteiger partial charge in [0, 0.05) is 18.0 Å². The third-order valence-corrected chi connectivity index (χ3v) is 6.82. The monoisotopic (exact) mass is 510 g/mol. The van der Waals surface area contributed by atoms with Crippen LogP contribution in [-0.4, -0.2) is 29.2 Å². The van der Waals surface area contributed by atoms with Gasteiger partial charge < -0.3 is 9.47 Å². The Morgan fingerprint density at radius 2 is 1.30 bits per heavy atom. The number of ether oxygens (including phenoxy) is 2. The standard InChI is InChI=1S/C32H50N2O3/c1-4-6-8-10-11-12-13-14-15-17-23-36-30-21-19-28(20-22-30)31-33-24-29(25-34-31)32(35)37-26-27(3)18-16-9-7-5-2/h19-22,24-25,27H,4-18,23,26H2,1-3H3. The predicted octanol–water partition coefficient (Wildman–Crippen LogP) is 9.21. The Kier molecular flexibility index (Phi) is 16.4. The molecule has 0 bridgehead atoms. The van der Waals surface area contributed by atoms with Crippen LogP contribution in [0.1, 0.15) is 127 Å². The van der Waals surface area contributed by atoms with Crippen molar-refractivity contribution < 1.29 is 14.3 Å². The van der Waals surface area contributed by atoms with E-state index in [1.54, 1.807) is 12.4 Å². The first-order chi connectivity index (χ1) is 18.1. The molecule has 37 heavy (non-hydrogen) atoms. The number of carbonyl (C=O) groups is 1. The number of esters is 1. The van der Waals surface area contributed by atoms with Crippen LogP contribution in [0.25, 0.3) is 11.4 Å². The molecule has 5 nitrogen and oxygen atoms in total. The zero-order chi connectivity index (χ0) is 26.6. The van der Waals surface area contributed by atoms with E-state index in [0.29, 0.717) is 23.9 Å². The van der Waals surface area contributed by atoms with Gasteiger partial charge in [-0.15, -0.1) is 0 Å². The molecule has 0 aliphatic heterocycles. The zero-order valence-electron chi connectivity index (χ0n) is 23.7. The molecule has 2 aromatic rings. The van der Waals surface area contributed by atoms with Gasteiger partial charge in [-0.2, -0.15) is 0 Å². The van der Waals surface area contributed by atoms with E-state index >= 15 is 0 Å². The number of hydrogen-bond acceptors (Lipinski definition) is 5. The maximum absolute atomic E-state index is 12.3. The molecule has 0 aliphatic rings. The van der Waals surface area contributed by atoms with Gasteiger partial charge in [0.1, 0.15) is 5.75 Å². The maximum atomic E-state index is 12.3. The molecular formula is C32H50N2O3. The highest BCUT2D eigenvalue weighted by molar-refractivity contribution is 5.88. The summed E-state index contributed by atoms with van der Waals surface area (Å²) in [5, 5.41) is 0. The molecule has 1 aromatic heterocycles. The van der Waals surface area contributed by atoms with Crippen LogP contribution in [0, 0.1) is 5.92 Å². The van der Waals surface area contributed by atoms with Crippen LogP contribution in [0.2, 0.25) is 0 Å². The van der Waals surface area contributed by atoms with Crippen molar-refractivity contribution >= 4 is 5.97 Å². The summed E-state index contributed by atoms with van der Waals surface area (Å²) < 4.78 is 11.4. The number of carbonyl (C=O) groups excluding carboxylic acids is 1. The minimum atomic E-state index is -0.359. The highest BCUT2D eigenvalue weighted by Crippen LogP contribution is 2.20. The normalized spacial score (nSPS) is 11.9. The summed E-state index contributed by atoms with van der Waals surface area (Å²) in [4.78, 5) is 21.1. The van der Waals surface area contributed by atoms with E-state index in [1.807, 2.05) is 24.3 Å². The summed E-state index contributed by atoms with van der Waals surface area (Å²) in [6.45, 7) is 7.79. The Bertz CT molecular complexity index is 836. The second-order valence-corrected chi connectivity index (χ2v) is 10.4. The van der Waals surface area contributed by atoms with Crippen molar-refractivity contribution in [2.75, 3.05) is 13.2 Å².